The fourth-order valence-electron chi connectivity index (χ4n) is 5.56. The summed E-state index contributed by atoms with van der Waals surface area (Å²) in [5, 5.41) is 19.4. The second-order valence-electron chi connectivity index (χ2n) is 11.1. The predicted molar refractivity (Wildman–Crippen MR) is 145 cm³/mol. The maximum absolute atomic E-state index is 13.4. The summed E-state index contributed by atoms with van der Waals surface area (Å²) in [5.41, 5.74) is 4.45. The number of aromatic nitrogens is 7. The number of pyridine rings is 2. The first kappa shape index (κ1) is 24.0. The van der Waals surface area contributed by atoms with Gasteiger partial charge in [0.25, 0.3) is 5.91 Å². The molecule has 14 nitrogen and oxygen atoms in total. The van der Waals surface area contributed by atoms with Crippen LogP contribution in [-0.4, -0.2) is 80.2 Å². The smallest absolute Gasteiger partial charge is 0.318 e. The average molecular weight is 555 g/mol. The maximum atomic E-state index is 13.4. The van der Waals surface area contributed by atoms with Gasteiger partial charge in [-0.15, -0.1) is 5.10 Å². The molecule has 0 bridgehead atoms. The molecule has 208 valence electrons. The lowest BCUT2D eigenvalue weighted by atomic mass is 9.78. The number of aryl methyl sites for hydroxylation is 2. The minimum atomic E-state index is -0.272. The van der Waals surface area contributed by atoms with Crippen LogP contribution in [0.3, 0.4) is 0 Å². The van der Waals surface area contributed by atoms with Crippen molar-refractivity contribution in [2.45, 2.75) is 19.8 Å². The van der Waals surface area contributed by atoms with Crippen molar-refractivity contribution in [2.24, 2.45) is 5.41 Å². The van der Waals surface area contributed by atoms with Crippen molar-refractivity contribution in [3.63, 3.8) is 0 Å². The molecule has 0 saturated carbocycles. The van der Waals surface area contributed by atoms with Crippen LogP contribution in [0.15, 0.2) is 45.7 Å². The van der Waals surface area contributed by atoms with Crippen molar-refractivity contribution >= 4 is 28.8 Å². The molecule has 1 amide bonds. The predicted octanol–water partition coefficient (Wildman–Crippen LogP) is 2.47. The van der Waals surface area contributed by atoms with E-state index in [1.165, 1.54) is 0 Å². The summed E-state index contributed by atoms with van der Waals surface area (Å²) in [5.74, 6) is 1.24. The summed E-state index contributed by atoms with van der Waals surface area (Å²) in [4.78, 5) is 26.7. The zero-order valence-corrected chi connectivity index (χ0v) is 22.4. The highest BCUT2D eigenvalue weighted by Gasteiger charge is 2.49. The first-order valence-corrected chi connectivity index (χ1v) is 13.4. The molecule has 0 atom stereocenters. The Labute approximate surface area is 233 Å². The number of carbonyl (C=O) groups excluding carboxylic acids is 1. The van der Waals surface area contributed by atoms with Crippen molar-refractivity contribution in [3.8, 4) is 11.4 Å². The molecule has 3 fully saturated rings. The molecule has 14 heteroatoms. The van der Waals surface area contributed by atoms with E-state index >= 15 is 0 Å². The topological polar surface area (TPSA) is 153 Å². The molecular weight excluding hydrogens is 528 g/mol. The minimum Gasteiger partial charge on any atom is -0.408 e. The molecule has 5 aromatic rings. The highest BCUT2D eigenvalue weighted by atomic mass is 16.5. The molecule has 3 saturated heterocycles. The van der Waals surface area contributed by atoms with Gasteiger partial charge in [-0.25, -0.2) is 4.52 Å². The zero-order valence-electron chi connectivity index (χ0n) is 22.4. The number of hydrogen-bond donors (Lipinski definition) is 1. The SMILES string of the molecule is Cc1nnc(N2CC(c3nc(-c4cnc(C)c(NC(=O)c5cnn6ccc(N7CC8(COC8)C7)cc56)c4)no3)C2)o1. The van der Waals surface area contributed by atoms with E-state index in [4.69, 9.17) is 13.7 Å². The number of ether oxygens (including phenoxy) is 1. The highest BCUT2D eigenvalue weighted by Crippen LogP contribution is 2.40. The Hall–Kier alpha value is -4.85. The number of amides is 1. The fraction of sp³-hybridized carbons (Fsp3) is 0.370. The van der Waals surface area contributed by atoms with Gasteiger partial charge in [0.15, 0.2) is 0 Å². The number of rotatable bonds is 6. The van der Waals surface area contributed by atoms with Crippen molar-refractivity contribution < 1.29 is 18.5 Å². The van der Waals surface area contributed by atoms with E-state index in [0.717, 1.165) is 37.5 Å². The van der Waals surface area contributed by atoms with Gasteiger partial charge in [-0.2, -0.15) is 10.1 Å². The lowest BCUT2D eigenvalue weighted by Crippen LogP contribution is -2.66. The van der Waals surface area contributed by atoms with Crippen molar-refractivity contribution in [3.05, 3.63) is 59.8 Å². The molecule has 8 heterocycles. The molecule has 3 aliphatic heterocycles. The van der Waals surface area contributed by atoms with Crippen molar-refractivity contribution in [1.82, 2.24) is 34.9 Å². The third-order valence-corrected chi connectivity index (χ3v) is 8.04. The lowest BCUT2D eigenvalue weighted by molar-refractivity contribution is -0.127. The third kappa shape index (κ3) is 4.01. The van der Waals surface area contributed by atoms with Crippen LogP contribution in [0.2, 0.25) is 0 Å². The Balaban J connectivity index is 0.980. The van der Waals surface area contributed by atoms with Crippen LogP contribution in [0, 0.1) is 19.3 Å². The molecule has 0 unspecified atom stereocenters. The Kier molecular flexibility index (Phi) is 5.16. The minimum absolute atomic E-state index is 0.0606. The largest absolute Gasteiger partial charge is 0.408 e. The summed E-state index contributed by atoms with van der Waals surface area (Å²) in [6.45, 7) is 8.45. The average Bonchev–Trinajstić information content (AvgIpc) is 3.63. The molecule has 5 aromatic heterocycles. The van der Waals surface area contributed by atoms with E-state index in [-0.39, 0.29) is 11.8 Å². The molecule has 3 aliphatic rings. The van der Waals surface area contributed by atoms with Crippen molar-refractivity contribution in [2.75, 3.05) is 54.5 Å². The van der Waals surface area contributed by atoms with Gasteiger partial charge in [-0.3, -0.25) is 9.78 Å². The summed E-state index contributed by atoms with van der Waals surface area (Å²) in [7, 11) is 0. The first-order valence-electron chi connectivity index (χ1n) is 13.4. The molecule has 1 spiro atoms. The zero-order chi connectivity index (χ0) is 27.7. The summed E-state index contributed by atoms with van der Waals surface area (Å²) in [6.07, 6.45) is 5.14. The number of hydrogen-bond acceptors (Lipinski definition) is 12. The van der Waals surface area contributed by atoms with Gasteiger partial charge in [0, 0.05) is 56.7 Å². The van der Waals surface area contributed by atoms with Crippen LogP contribution in [-0.2, 0) is 4.74 Å². The number of nitrogens with zero attached hydrogens (tertiary/aromatic N) is 9. The molecule has 0 aromatic carbocycles. The summed E-state index contributed by atoms with van der Waals surface area (Å²) >= 11 is 0. The van der Waals surface area contributed by atoms with Gasteiger partial charge in [0.1, 0.15) is 0 Å². The standard InChI is InChI=1S/C27H26N10O4/c1-15-21(5-17(7-28-15)23-31-25(41-34-23)18-9-35(10-18)26-33-32-16(2)40-26)30-24(38)20-8-29-37-4-3-19(6-22(20)37)36-11-27(12-36)13-39-14-27/h3-8,18H,9-14H2,1-2H3,(H,30,38). The fourth-order valence-corrected chi connectivity index (χ4v) is 5.56. The molecule has 0 radical (unpaired) electrons. The Bertz CT molecular complexity index is 1790. The van der Waals surface area contributed by atoms with Gasteiger partial charge in [-0.1, -0.05) is 10.3 Å². The van der Waals surface area contributed by atoms with E-state index in [1.807, 2.05) is 30.2 Å². The first-order chi connectivity index (χ1) is 19.9. The van der Waals surface area contributed by atoms with Gasteiger partial charge >= 0.3 is 6.01 Å². The van der Waals surface area contributed by atoms with Crippen LogP contribution in [0.5, 0.6) is 0 Å². The molecule has 0 aliphatic carbocycles. The van der Waals surface area contributed by atoms with Gasteiger partial charge in [0.2, 0.25) is 17.6 Å². The Morgan fingerprint density at radius 1 is 1.10 bits per heavy atom. The van der Waals surface area contributed by atoms with E-state index in [1.54, 1.807) is 29.9 Å². The van der Waals surface area contributed by atoms with Crippen LogP contribution in [0.1, 0.15) is 33.8 Å². The van der Waals surface area contributed by atoms with Gasteiger partial charge in [0.05, 0.1) is 53.2 Å². The van der Waals surface area contributed by atoms with Gasteiger partial charge < -0.3 is 28.8 Å². The summed E-state index contributed by atoms with van der Waals surface area (Å²) in [6, 6.07) is 6.33. The maximum Gasteiger partial charge on any atom is 0.318 e. The van der Waals surface area contributed by atoms with Crippen LogP contribution >= 0.6 is 0 Å². The van der Waals surface area contributed by atoms with Crippen molar-refractivity contribution in [1.29, 1.82) is 0 Å². The number of nitrogens with one attached hydrogen (secondary N) is 1. The Morgan fingerprint density at radius 3 is 2.71 bits per heavy atom. The number of anilines is 3. The molecule has 1 N–H and O–H groups in total. The van der Waals surface area contributed by atoms with Crippen LogP contribution in [0.25, 0.3) is 16.9 Å². The molecule has 41 heavy (non-hydrogen) atoms. The number of fused-ring (bicyclic) bond motifs is 1. The van der Waals surface area contributed by atoms with Gasteiger partial charge in [-0.05, 0) is 25.1 Å². The van der Waals surface area contributed by atoms with E-state index in [2.05, 4.69) is 40.6 Å². The van der Waals surface area contributed by atoms with E-state index in [9.17, 15) is 4.79 Å². The third-order valence-electron chi connectivity index (χ3n) is 8.04. The molecular formula is C27H26N10O4. The van der Waals surface area contributed by atoms with Crippen LogP contribution < -0.4 is 15.1 Å². The number of carbonyl (C=O) groups is 1. The lowest BCUT2D eigenvalue weighted by Gasteiger charge is -2.56. The second kappa shape index (κ2) is 8.83. The quantitative estimate of drug-likeness (QED) is 0.328. The normalized spacial score (nSPS) is 17.9. The second-order valence-corrected chi connectivity index (χ2v) is 11.1. The Morgan fingerprint density at radius 2 is 1.95 bits per heavy atom. The summed E-state index contributed by atoms with van der Waals surface area (Å²) < 4.78 is 18.1. The van der Waals surface area contributed by atoms with E-state index in [0.29, 0.717) is 64.6 Å². The van der Waals surface area contributed by atoms with Crippen LogP contribution in [0.4, 0.5) is 17.4 Å². The van der Waals surface area contributed by atoms with E-state index < -0.39 is 0 Å². The monoisotopic (exact) mass is 554 g/mol. The highest BCUT2D eigenvalue weighted by molar-refractivity contribution is 6.09. The molecule has 8 rings (SSSR count).